The number of nitrogens with one attached hydrogen (secondary N) is 2. The molecule has 4 rings (SSSR count). The fraction of sp³-hybridized carbons (Fsp3) is 0.294. The lowest BCUT2D eigenvalue weighted by Gasteiger charge is -2.12. The van der Waals surface area contributed by atoms with Gasteiger partial charge >= 0.3 is 0 Å². The second-order valence-electron chi connectivity index (χ2n) is 5.69. The van der Waals surface area contributed by atoms with Crippen molar-refractivity contribution < 1.29 is 4.74 Å². The SMILES string of the molecule is c1cnc2c(Nc3nncc(NCC4CCCO4)n3)cccc2c1. The quantitative estimate of drug-likeness (QED) is 0.747. The molecule has 0 saturated carbocycles. The molecule has 1 atom stereocenters. The highest BCUT2D eigenvalue weighted by atomic mass is 16.5. The van der Waals surface area contributed by atoms with E-state index in [1.54, 1.807) is 12.4 Å². The maximum atomic E-state index is 5.60. The molecule has 1 unspecified atom stereocenters. The van der Waals surface area contributed by atoms with Gasteiger partial charge in [0.25, 0.3) is 0 Å². The Hall–Kier alpha value is -2.80. The predicted octanol–water partition coefficient (Wildman–Crippen LogP) is 2.75. The standard InChI is InChI=1S/C17H18N6O/c1-4-12-5-2-8-18-16(12)14(7-1)21-17-22-15(11-20-23-17)19-10-13-6-3-9-24-13/h1-2,4-5,7-8,11,13H,3,6,9-10H2,(H2,19,21,22,23). The van der Waals surface area contributed by atoms with Crippen LogP contribution in [0.4, 0.5) is 17.5 Å². The topological polar surface area (TPSA) is 84.9 Å². The van der Waals surface area contributed by atoms with Gasteiger partial charge in [-0.1, -0.05) is 18.2 Å². The molecule has 2 aromatic heterocycles. The number of para-hydroxylation sites is 1. The van der Waals surface area contributed by atoms with Crippen molar-refractivity contribution in [3.8, 4) is 0 Å². The van der Waals surface area contributed by atoms with Crippen LogP contribution in [-0.4, -0.2) is 39.4 Å². The molecule has 1 aromatic carbocycles. The van der Waals surface area contributed by atoms with Gasteiger partial charge in [-0.3, -0.25) is 4.98 Å². The van der Waals surface area contributed by atoms with E-state index in [1.807, 2.05) is 30.3 Å². The maximum Gasteiger partial charge on any atom is 0.249 e. The van der Waals surface area contributed by atoms with Crippen LogP contribution in [0.15, 0.2) is 42.7 Å². The molecule has 0 bridgehead atoms. The zero-order chi connectivity index (χ0) is 16.2. The molecular weight excluding hydrogens is 304 g/mol. The van der Waals surface area contributed by atoms with Crippen molar-refractivity contribution in [3.63, 3.8) is 0 Å². The fourth-order valence-electron chi connectivity index (χ4n) is 2.79. The van der Waals surface area contributed by atoms with Crippen molar-refractivity contribution in [3.05, 3.63) is 42.7 Å². The molecule has 2 N–H and O–H groups in total. The van der Waals surface area contributed by atoms with E-state index in [1.165, 1.54) is 0 Å². The minimum Gasteiger partial charge on any atom is -0.376 e. The lowest BCUT2D eigenvalue weighted by atomic mass is 10.2. The molecule has 0 amide bonds. The van der Waals surface area contributed by atoms with E-state index in [4.69, 9.17) is 4.74 Å². The summed E-state index contributed by atoms with van der Waals surface area (Å²) in [6, 6.07) is 9.88. The number of benzene rings is 1. The molecule has 3 heterocycles. The zero-order valence-electron chi connectivity index (χ0n) is 13.1. The Morgan fingerprint density at radius 1 is 1.21 bits per heavy atom. The monoisotopic (exact) mass is 322 g/mol. The largest absolute Gasteiger partial charge is 0.376 e. The number of ether oxygens (including phenoxy) is 1. The summed E-state index contributed by atoms with van der Waals surface area (Å²) in [4.78, 5) is 8.87. The first kappa shape index (κ1) is 14.8. The molecule has 7 heteroatoms. The molecule has 7 nitrogen and oxygen atoms in total. The van der Waals surface area contributed by atoms with E-state index < -0.39 is 0 Å². The molecule has 1 aliphatic heterocycles. The summed E-state index contributed by atoms with van der Waals surface area (Å²) in [6.45, 7) is 1.57. The van der Waals surface area contributed by atoms with Crippen LogP contribution in [-0.2, 0) is 4.74 Å². The van der Waals surface area contributed by atoms with Gasteiger partial charge in [0.15, 0.2) is 5.82 Å². The molecule has 0 aliphatic carbocycles. The number of pyridine rings is 1. The minimum absolute atomic E-state index is 0.249. The normalized spacial score (nSPS) is 17.1. The smallest absolute Gasteiger partial charge is 0.249 e. The molecular formula is C17H18N6O. The van der Waals surface area contributed by atoms with Gasteiger partial charge in [-0.2, -0.15) is 10.1 Å². The Balaban J connectivity index is 1.50. The van der Waals surface area contributed by atoms with Gasteiger partial charge in [-0.05, 0) is 25.0 Å². The van der Waals surface area contributed by atoms with Gasteiger partial charge in [-0.25, -0.2) is 0 Å². The lowest BCUT2D eigenvalue weighted by Crippen LogP contribution is -2.19. The van der Waals surface area contributed by atoms with Crippen molar-refractivity contribution in [1.82, 2.24) is 20.2 Å². The van der Waals surface area contributed by atoms with Crippen LogP contribution in [0, 0.1) is 0 Å². The van der Waals surface area contributed by atoms with E-state index in [0.717, 1.165) is 42.6 Å². The number of hydrogen-bond acceptors (Lipinski definition) is 7. The first-order valence-electron chi connectivity index (χ1n) is 8.04. The number of fused-ring (bicyclic) bond motifs is 1. The average Bonchev–Trinajstić information content (AvgIpc) is 3.14. The Morgan fingerprint density at radius 3 is 3.08 bits per heavy atom. The third-order valence-corrected chi connectivity index (χ3v) is 3.97. The molecule has 122 valence electrons. The second kappa shape index (κ2) is 6.76. The molecule has 3 aromatic rings. The molecule has 1 fully saturated rings. The van der Waals surface area contributed by atoms with Crippen LogP contribution < -0.4 is 10.6 Å². The Labute approximate surface area is 139 Å². The van der Waals surface area contributed by atoms with Crippen LogP contribution in [0.25, 0.3) is 10.9 Å². The maximum absolute atomic E-state index is 5.60. The first-order chi connectivity index (χ1) is 11.9. The number of aromatic nitrogens is 4. The van der Waals surface area contributed by atoms with Crippen molar-refractivity contribution in [2.24, 2.45) is 0 Å². The van der Waals surface area contributed by atoms with Crippen LogP contribution in [0.3, 0.4) is 0 Å². The number of rotatable bonds is 5. The second-order valence-corrected chi connectivity index (χ2v) is 5.69. The molecule has 0 radical (unpaired) electrons. The van der Waals surface area contributed by atoms with Crippen molar-refractivity contribution in [2.45, 2.75) is 18.9 Å². The van der Waals surface area contributed by atoms with E-state index in [9.17, 15) is 0 Å². The van der Waals surface area contributed by atoms with Gasteiger partial charge in [0.1, 0.15) is 0 Å². The highest BCUT2D eigenvalue weighted by Gasteiger charge is 2.15. The minimum atomic E-state index is 0.249. The summed E-state index contributed by atoms with van der Waals surface area (Å²) >= 11 is 0. The van der Waals surface area contributed by atoms with Gasteiger partial charge in [0.2, 0.25) is 5.95 Å². The summed E-state index contributed by atoms with van der Waals surface area (Å²) in [5, 5.41) is 15.6. The van der Waals surface area contributed by atoms with Crippen LogP contribution in [0.1, 0.15) is 12.8 Å². The summed E-state index contributed by atoms with van der Waals surface area (Å²) in [5.74, 6) is 1.11. The van der Waals surface area contributed by atoms with Crippen molar-refractivity contribution >= 4 is 28.4 Å². The number of nitrogens with zero attached hydrogens (tertiary/aromatic N) is 4. The molecule has 1 aliphatic rings. The average molecular weight is 322 g/mol. The lowest BCUT2D eigenvalue weighted by molar-refractivity contribution is 0.120. The zero-order valence-corrected chi connectivity index (χ0v) is 13.1. The number of anilines is 3. The fourth-order valence-corrected chi connectivity index (χ4v) is 2.79. The van der Waals surface area contributed by atoms with E-state index in [2.05, 4.69) is 30.8 Å². The third-order valence-electron chi connectivity index (χ3n) is 3.97. The van der Waals surface area contributed by atoms with Crippen molar-refractivity contribution in [2.75, 3.05) is 23.8 Å². The highest BCUT2D eigenvalue weighted by Crippen LogP contribution is 2.23. The van der Waals surface area contributed by atoms with E-state index in [0.29, 0.717) is 11.8 Å². The third kappa shape index (κ3) is 3.26. The number of hydrogen-bond donors (Lipinski definition) is 2. The molecule has 1 saturated heterocycles. The van der Waals surface area contributed by atoms with E-state index >= 15 is 0 Å². The van der Waals surface area contributed by atoms with Gasteiger partial charge in [-0.15, -0.1) is 5.10 Å². The summed E-state index contributed by atoms with van der Waals surface area (Å²) < 4.78 is 5.60. The van der Waals surface area contributed by atoms with Crippen LogP contribution >= 0.6 is 0 Å². The summed E-state index contributed by atoms with van der Waals surface area (Å²) in [7, 11) is 0. The summed E-state index contributed by atoms with van der Waals surface area (Å²) in [5.41, 5.74) is 1.73. The predicted molar refractivity (Wildman–Crippen MR) is 92.3 cm³/mol. The van der Waals surface area contributed by atoms with Crippen molar-refractivity contribution in [1.29, 1.82) is 0 Å². The van der Waals surface area contributed by atoms with Gasteiger partial charge < -0.3 is 15.4 Å². The molecule has 24 heavy (non-hydrogen) atoms. The highest BCUT2D eigenvalue weighted by molar-refractivity contribution is 5.91. The van der Waals surface area contributed by atoms with Gasteiger partial charge in [0.05, 0.1) is 23.5 Å². The molecule has 0 spiro atoms. The Kier molecular flexibility index (Phi) is 4.16. The van der Waals surface area contributed by atoms with E-state index in [-0.39, 0.29) is 6.10 Å². The Morgan fingerprint density at radius 2 is 2.17 bits per heavy atom. The summed E-state index contributed by atoms with van der Waals surface area (Å²) in [6.07, 6.45) is 5.83. The first-order valence-corrected chi connectivity index (χ1v) is 8.04. The van der Waals surface area contributed by atoms with Crippen LogP contribution in [0.5, 0.6) is 0 Å². The Bertz CT molecular complexity index is 829. The van der Waals surface area contributed by atoms with Gasteiger partial charge in [0, 0.05) is 24.7 Å². The van der Waals surface area contributed by atoms with Crippen LogP contribution in [0.2, 0.25) is 0 Å².